The van der Waals surface area contributed by atoms with E-state index < -0.39 is 0 Å². The number of carbonyl (C=O) groups is 1. The summed E-state index contributed by atoms with van der Waals surface area (Å²) in [6, 6.07) is 9.97. The van der Waals surface area contributed by atoms with Gasteiger partial charge in [-0.3, -0.25) is 4.79 Å². The monoisotopic (exact) mass is 282 g/mol. The lowest BCUT2D eigenvalue weighted by molar-refractivity contribution is -0.126. The van der Waals surface area contributed by atoms with Crippen molar-refractivity contribution in [1.82, 2.24) is 0 Å². The third-order valence-electron chi connectivity index (χ3n) is 2.91. The third kappa shape index (κ3) is 4.48. The summed E-state index contributed by atoms with van der Waals surface area (Å²) >= 11 is 3.31. The minimum Gasteiger partial charge on any atom is -0.299 e. The molecule has 1 nitrogen and oxygen atoms in total. The zero-order valence-corrected chi connectivity index (χ0v) is 11.5. The van der Waals surface area contributed by atoms with Crippen LogP contribution >= 0.6 is 15.9 Å². The highest BCUT2D eigenvalue weighted by Gasteiger charge is 2.29. The maximum Gasteiger partial charge on any atom is 0.135 e. The van der Waals surface area contributed by atoms with Crippen LogP contribution in [-0.2, 0) is 4.79 Å². The largest absolute Gasteiger partial charge is 0.299 e. The summed E-state index contributed by atoms with van der Waals surface area (Å²) in [6.45, 7) is 4.16. The standard InChI is InChI=1S/C8H14O.C6H5Br/c1-3-8(9)7-4-6(2)5-7;7-6-4-2-1-3-5-6/h6-7H,3-5H2,1-2H3;1-5H. The Morgan fingerprint density at radius 3 is 2.19 bits per heavy atom. The van der Waals surface area contributed by atoms with Crippen molar-refractivity contribution in [3.05, 3.63) is 34.8 Å². The highest BCUT2D eigenvalue weighted by Crippen LogP contribution is 2.34. The van der Waals surface area contributed by atoms with Gasteiger partial charge in [0.1, 0.15) is 5.78 Å². The van der Waals surface area contributed by atoms with E-state index in [9.17, 15) is 4.79 Å². The summed E-state index contributed by atoms with van der Waals surface area (Å²) in [5, 5.41) is 0. The van der Waals surface area contributed by atoms with Crippen LogP contribution in [0.3, 0.4) is 0 Å². The molecule has 1 saturated carbocycles. The van der Waals surface area contributed by atoms with Crippen LogP contribution in [0.1, 0.15) is 33.1 Å². The first-order chi connectivity index (χ1) is 7.63. The van der Waals surface area contributed by atoms with Gasteiger partial charge in [-0.05, 0) is 30.9 Å². The molecule has 1 aliphatic rings. The minimum atomic E-state index is 0.435. The Kier molecular flexibility index (Phi) is 5.75. The highest BCUT2D eigenvalue weighted by atomic mass is 79.9. The number of carbonyl (C=O) groups excluding carboxylic acids is 1. The number of ketones is 1. The first kappa shape index (κ1) is 13.4. The second-order valence-electron chi connectivity index (χ2n) is 4.39. The highest BCUT2D eigenvalue weighted by molar-refractivity contribution is 9.10. The second-order valence-corrected chi connectivity index (χ2v) is 5.30. The van der Waals surface area contributed by atoms with Gasteiger partial charge in [0.05, 0.1) is 0 Å². The van der Waals surface area contributed by atoms with Crippen molar-refractivity contribution < 1.29 is 4.79 Å². The Hall–Kier alpha value is -0.630. The van der Waals surface area contributed by atoms with Crippen molar-refractivity contribution in [2.24, 2.45) is 11.8 Å². The van der Waals surface area contributed by atoms with E-state index >= 15 is 0 Å². The Morgan fingerprint density at radius 2 is 1.88 bits per heavy atom. The lowest BCUT2D eigenvalue weighted by Gasteiger charge is -2.30. The smallest absolute Gasteiger partial charge is 0.135 e. The van der Waals surface area contributed by atoms with Crippen molar-refractivity contribution in [3.63, 3.8) is 0 Å². The van der Waals surface area contributed by atoms with Gasteiger partial charge in [-0.15, -0.1) is 0 Å². The molecule has 0 saturated heterocycles. The van der Waals surface area contributed by atoms with E-state index in [1.165, 1.54) is 0 Å². The number of hydrogen-bond donors (Lipinski definition) is 0. The van der Waals surface area contributed by atoms with Crippen LogP contribution in [0, 0.1) is 11.8 Å². The molecule has 1 aromatic rings. The maximum atomic E-state index is 10.9. The molecule has 16 heavy (non-hydrogen) atoms. The third-order valence-corrected chi connectivity index (χ3v) is 3.44. The minimum absolute atomic E-state index is 0.435. The molecule has 0 amide bonds. The number of halogens is 1. The summed E-state index contributed by atoms with van der Waals surface area (Å²) in [4.78, 5) is 10.9. The SMILES string of the molecule is Brc1ccccc1.CCC(=O)C1CC(C)C1. The molecule has 0 N–H and O–H groups in total. The van der Waals surface area contributed by atoms with Gasteiger partial charge in [0.25, 0.3) is 0 Å². The van der Waals surface area contributed by atoms with Crippen molar-refractivity contribution in [2.75, 3.05) is 0 Å². The molecule has 0 aromatic heterocycles. The molecule has 0 bridgehead atoms. The molecule has 0 spiro atoms. The summed E-state index contributed by atoms with van der Waals surface area (Å²) in [5.41, 5.74) is 0. The number of benzene rings is 1. The molecule has 0 heterocycles. The van der Waals surface area contributed by atoms with Gasteiger partial charge in [-0.2, -0.15) is 0 Å². The number of Topliss-reactive ketones (excluding diaryl/α,β-unsaturated/α-hetero) is 1. The topological polar surface area (TPSA) is 17.1 Å². The predicted octanol–water partition coefficient (Wildman–Crippen LogP) is 4.46. The Morgan fingerprint density at radius 1 is 1.31 bits per heavy atom. The van der Waals surface area contributed by atoms with E-state index in [-0.39, 0.29) is 0 Å². The van der Waals surface area contributed by atoms with Crippen LogP contribution in [0.5, 0.6) is 0 Å². The lowest BCUT2D eigenvalue weighted by atomic mass is 9.73. The molecular formula is C14H19BrO. The van der Waals surface area contributed by atoms with Gasteiger partial charge in [-0.25, -0.2) is 0 Å². The summed E-state index contributed by atoms with van der Waals surface area (Å²) in [6.07, 6.45) is 3.02. The maximum absolute atomic E-state index is 10.9. The molecule has 2 rings (SSSR count). The summed E-state index contributed by atoms with van der Waals surface area (Å²) in [7, 11) is 0. The van der Waals surface area contributed by atoms with Crippen molar-refractivity contribution in [2.45, 2.75) is 33.1 Å². The zero-order valence-electron chi connectivity index (χ0n) is 9.95. The summed E-state index contributed by atoms with van der Waals surface area (Å²) in [5.74, 6) is 1.71. The molecule has 1 fully saturated rings. The fourth-order valence-electron chi connectivity index (χ4n) is 1.87. The van der Waals surface area contributed by atoms with E-state index in [2.05, 4.69) is 22.9 Å². The normalized spacial score (nSPS) is 22.7. The van der Waals surface area contributed by atoms with Crippen LogP contribution in [-0.4, -0.2) is 5.78 Å². The van der Waals surface area contributed by atoms with E-state index in [4.69, 9.17) is 0 Å². The van der Waals surface area contributed by atoms with Gasteiger partial charge in [0.2, 0.25) is 0 Å². The van der Waals surface area contributed by atoms with Crippen LogP contribution in [0.25, 0.3) is 0 Å². The molecule has 1 aromatic carbocycles. The van der Waals surface area contributed by atoms with Gasteiger partial charge in [0.15, 0.2) is 0 Å². The van der Waals surface area contributed by atoms with E-state index in [1.54, 1.807) is 0 Å². The fraction of sp³-hybridized carbons (Fsp3) is 0.500. The molecule has 88 valence electrons. The molecule has 2 heteroatoms. The first-order valence-electron chi connectivity index (χ1n) is 5.86. The van der Waals surface area contributed by atoms with E-state index in [1.807, 2.05) is 37.3 Å². The predicted molar refractivity (Wildman–Crippen MR) is 71.3 cm³/mol. The van der Waals surface area contributed by atoms with E-state index in [0.29, 0.717) is 11.7 Å². The van der Waals surface area contributed by atoms with Gasteiger partial charge < -0.3 is 0 Å². The Balaban J connectivity index is 0.000000165. The molecule has 0 radical (unpaired) electrons. The molecule has 0 unspecified atom stereocenters. The quantitative estimate of drug-likeness (QED) is 0.783. The van der Waals surface area contributed by atoms with Crippen LogP contribution < -0.4 is 0 Å². The molecule has 1 aliphatic carbocycles. The average Bonchev–Trinajstić information content (AvgIpc) is 2.26. The van der Waals surface area contributed by atoms with Crippen LogP contribution in [0.4, 0.5) is 0 Å². The van der Waals surface area contributed by atoms with Crippen LogP contribution in [0.2, 0.25) is 0 Å². The summed E-state index contributed by atoms with van der Waals surface area (Å²) < 4.78 is 1.13. The molecular weight excluding hydrogens is 264 g/mol. The second kappa shape index (κ2) is 6.85. The average molecular weight is 283 g/mol. The van der Waals surface area contributed by atoms with Gasteiger partial charge in [0, 0.05) is 16.8 Å². The molecule has 0 aliphatic heterocycles. The van der Waals surface area contributed by atoms with E-state index in [0.717, 1.165) is 29.7 Å². The van der Waals surface area contributed by atoms with Gasteiger partial charge >= 0.3 is 0 Å². The number of rotatable bonds is 2. The zero-order chi connectivity index (χ0) is 12.0. The van der Waals surface area contributed by atoms with Crippen molar-refractivity contribution in [3.8, 4) is 0 Å². The fourth-order valence-corrected chi connectivity index (χ4v) is 2.17. The lowest BCUT2D eigenvalue weighted by Crippen LogP contribution is -2.27. The van der Waals surface area contributed by atoms with Gasteiger partial charge in [-0.1, -0.05) is 48.0 Å². The first-order valence-corrected chi connectivity index (χ1v) is 6.66. The van der Waals surface area contributed by atoms with Crippen molar-refractivity contribution >= 4 is 21.7 Å². The Labute approximate surface area is 106 Å². The van der Waals surface area contributed by atoms with Crippen molar-refractivity contribution in [1.29, 1.82) is 0 Å². The molecule has 0 atom stereocenters. The Bertz CT molecular complexity index is 315. The number of hydrogen-bond acceptors (Lipinski definition) is 1. The van der Waals surface area contributed by atoms with Crippen LogP contribution in [0.15, 0.2) is 34.8 Å².